The van der Waals surface area contributed by atoms with Crippen LogP contribution in [0.4, 0.5) is 0 Å². The predicted octanol–water partition coefficient (Wildman–Crippen LogP) is 2.67. The van der Waals surface area contributed by atoms with E-state index in [-0.39, 0.29) is 18.1 Å². The highest BCUT2D eigenvalue weighted by Gasteiger charge is 2.41. The summed E-state index contributed by atoms with van der Waals surface area (Å²) in [6.45, 7) is 5.40. The first-order chi connectivity index (χ1) is 11.7. The molecule has 2 aliphatic rings. The molecule has 2 aliphatic heterocycles. The van der Waals surface area contributed by atoms with Crippen molar-refractivity contribution in [2.24, 2.45) is 5.92 Å². The van der Waals surface area contributed by atoms with Crippen LogP contribution in [0.15, 0.2) is 33.4 Å². The molecule has 0 bridgehead atoms. The Labute approximate surface area is 145 Å². The van der Waals surface area contributed by atoms with Crippen LogP contribution in [0.2, 0.25) is 0 Å². The molecule has 0 spiro atoms. The molecule has 0 saturated carbocycles. The molecule has 3 atom stereocenters. The minimum atomic E-state index is -0.00766. The molecular formula is C18H22N2O3S. The van der Waals surface area contributed by atoms with E-state index in [9.17, 15) is 4.79 Å². The molecule has 0 unspecified atom stereocenters. The first-order valence-corrected chi connectivity index (χ1v) is 9.35. The molecule has 0 aromatic carbocycles. The molecule has 2 aromatic rings. The van der Waals surface area contributed by atoms with Gasteiger partial charge in [-0.1, -0.05) is 0 Å². The Kier molecular flexibility index (Phi) is 4.43. The van der Waals surface area contributed by atoms with Crippen molar-refractivity contribution in [3.05, 3.63) is 46.0 Å². The van der Waals surface area contributed by atoms with Gasteiger partial charge in [-0.25, -0.2) is 0 Å². The van der Waals surface area contributed by atoms with E-state index in [4.69, 9.17) is 9.15 Å². The minimum Gasteiger partial charge on any atom is -0.465 e. The zero-order valence-corrected chi connectivity index (χ0v) is 14.6. The summed E-state index contributed by atoms with van der Waals surface area (Å²) in [4.78, 5) is 14.4. The molecule has 5 nitrogen and oxygen atoms in total. The van der Waals surface area contributed by atoms with Crippen molar-refractivity contribution in [1.82, 2.24) is 10.2 Å². The van der Waals surface area contributed by atoms with Crippen LogP contribution in [0.1, 0.15) is 28.3 Å². The van der Waals surface area contributed by atoms with Crippen LogP contribution in [0, 0.1) is 12.8 Å². The van der Waals surface area contributed by atoms with E-state index in [1.165, 1.54) is 11.3 Å². The number of furan rings is 1. The lowest BCUT2D eigenvalue weighted by molar-refractivity contribution is 0.0367. The van der Waals surface area contributed by atoms with Crippen LogP contribution in [0.3, 0.4) is 0 Å². The van der Waals surface area contributed by atoms with Gasteiger partial charge in [0.2, 0.25) is 0 Å². The number of fused-ring (bicyclic) bond motifs is 1. The molecule has 2 aromatic heterocycles. The Balaban J connectivity index is 1.23. The zero-order valence-electron chi connectivity index (χ0n) is 13.7. The number of nitrogens with one attached hydrogen (secondary N) is 1. The van der Waals surface area contributed by atoms with Gasteiger partial charge in [0.1, 0.15) is 11.5 Å². The first kappa shape index (κ1) is 15.9. The maximum absolute atomic E-state index is 12.0. The highest BCUT2D eigenvalue weighted by atomic mass is 32.1. The summed E-state index contributed by atoms with van der Waals surface area (Å²) in [6, 6.07) is 5.90. The normalized spacial score (nSPS) is 26.6. The number of carbonyl (C=O) groups is 1. The molecule has 4 heterocycles. The third-order valence-electron chi connectivity index (χ3n) is 4.84. The number of hydrogen-bond acceptors (Lipinski definition) is 5. The standard InChI is InChI=1S/C18H22N2O3S/c1-12-2-3-15(22-12)9-20-8-14-6-16(23-17(14)10-20)7-19-18(21)13-4-5-24-11-13/h2-5,11,14,16-17H,6-10H2,1H3,(H,19,21)/t14-,16-,17+/m1/s1. The lowest BCUT2D eigenvalue weighted by Gasteiger charge is -2.18. The monoisotopic (exact) mass is 346 g/mol. The second-order valence-electron chi connectivity index (χ2n) is 6.72. The third kappa shape index (κ3) is 3.41. The fourth-order valence-electron chi connectivity index (χ4n) is 3.70. The van der Waals surface area contributed by atoms with Gasteiger partial charge in [-0.3, -0.25) is 9.69 Å². The van der Waals surface area contributed by atoms with Crippen molar-refractivity contribution in [2.75, 3.05) is 19.6 Å². The van der Waals surface area contributed by atoms with E-state index in [0.717, 1.165) is 43.1 Å². The number of rotatable bonds is 5. The average Bonchev–Trinajstić information content (AvgIpc) is 3.29. The molecule has 2 saturated heterocycles. The summed E-state index contributed by atoms with van der Waals surface area (Å²) >= 11 is 1.54. The number of nitrogens with zero attached hydrogens (tertiary/aromatic N) is 1. The molecule has 1 amide bonds. The number of ether oxygens (including phenoxy) is 1. The van der Waals surface area contributed by atoms with Crippen molar-refractivity contribution < 1.29 is 13.9 Å². The van der Waals surface area contributed by atoms with Crippen molar-refractivity contribution in [3.8, 4) is 0 Å². The van der Waals surface area contributed by atoms with Crippen LogP contribution in [-0.4, -0.2) is 42.6 Å². The molecule has 4 rings (SSSR count). The molecule has 1 N–H and O–H groups in total. The van der Waals surface area contributed by atoms with Crippen LogP contribution in [-0.2, 0) is 11.3 Å². The van der Waals surface area contributed by atoms with Crippen LogP contribution in [0.25, 0.3) is 0 Å². The second-order valence-corrected chi connectivity index (χ2v) is 7.50. The summed E-state index contributed by atoms with van der Waals surface area (Å²) < 4.78 is 11.8. The number of aryl methyl sites for hydroxylation is 1. The number of carbonyl (C=O) groups excluding carboxylic acids is 1. The summed E-state index contributed by atoms with van der Waals surface area (Å²) in [5, 5.41) is 6.77. The SMILES string of the molecule is Cc1ccc(CN2C[C@H]3C[C@H](CNC(=O)c4ccsc4)O[C@H]3C2)o1. The maximum Gasteiger partial charge on any atom is 0.252 e. The van der Waals surface area contributed by atoms with Crippen molar-refractivity contribution in [3.63, 3.8) is 0 Å². The molecule has 0 radical (unpaired) electrons. The van der Waals surface area contributed by atoms with E-state index in [1.807, 2.05) is 35.9 Å². The topological polar surface area (TPSA) is 54.7 Å². The van der Waals surface area contributed by atoms with Gasteiger partial charge in [0, 0.05) is 36.5 Å². The fraction of sp³-hybridized carbons (Fsp3) is 0.500. The zero-order chi connectivity index (χ0) is 16.5. The molecule has 6 heteroatoms. The Morgan fingerprint density at radius 2 is 2.29 bits per heavy atom. The highest BCUT2D eigenvalue weighted by molar-refractivity contribution is 7.08. The molecule has 0 aliphatic carbocycles. The lowest BCUT2D eigenvalue weighted by Crippen LogP contribution is -2.33. The van der Waals surface area contributed by atoms with Crippen LogP contribution >= 0.6 is 11.3 Å². The largest absolute Gasteiger partial charge is 0.465 e. The van der Waals surface area contributed by atoms with Crippen molar-refractivity contribution in [1.29, 1.82) is 0 Å². The van der Waals surface area contributed by atoms with E-state index < -0.39 is 0 Å². The Morgan fingerprint density at radius 3 is 3.00 bits per heavy atom. The predicted molar refractivity (Wildman–Crippen MR) is 92.1 cm³/mol. The Morgan fingerprint density at radius 1 is 1.38 bits per heavy atom. The Bertz CT molecular complexity index is 683. The van der Waals surface area contributed by atoms with Gasteiger partial charge in [0.15, 0.2) is 0 Å². The first-order valence-electron chi connectivity index (χ1n) is 8.41. The highest BCUT2D eigenvalue weighted by Crippen LogP contribution is 2.33. The number of hydrogen-bond donors (Lipinski definition) is 1. The Hall–Kier alpha value is -1.63. The van der Waals surface area contributed by atoms with E-state index in [1.54, 1.807) is 0 Å². The molecular weight excluding hydrogens is 324 g/mol. The summed E-state index contributed by atoms with van der Waals surface area (Å²) in [5.74, 6) is 2.53. The van der Waals surface area contributed by atoms with E-state index >= 15 is 0 Å². The van der Waals surface area contributed by atoms with E-state index in [0.29, 0.717) is 12.5 Å². The minimum absolute atomic E-state index is 0.00766. The average molecular weight is 346 g/mol. The fourth-order valence-corrected chi connectivity index (χ4v) is 4.34. The molecule has 24 heavy (non-hydrogen) atoms. The number of thiophene rings is 1. The lowest BCUT2D eigenvalue weighted by atomic mass is 10.0. The van der Waals surface area contributed by atoms with Crippen molar-refractivity contribution >= 4 is 17.2 Å². The maximum atomic E-state index is 12.0. The van der Waals surface area contributed by atoms with Crippen LogP contribution < -0.4 is 5.32 Å². The quantitative estimate of drug-likeness (QED) is 0.904. The van der Waals surface area contributed by atoms with Gasteiger partial charge in [0.05, 0.1) is 18.8 Å². The smallest absolute Gasteiger partial charge is 0.252 e. The van der Waals surface area contributed by atoms with Gasteiger partial charge >= 0.3 is 0 Å². The van der Waals surface area contributed by atoms with Gasteiger partial charge in [-0.2, -0.15) is 11.3 Å². The van der Waals surface area contributed by atoms with Gasteiger partial charge < -0.3 is 14.5 Å². The number of amides is 1. The third-order valence-corrected chi connectivity index (χ3v) is 5.52. The van der Waals surface area contributed by atoms with Crippen molar-refractivity contribution in [2.45, 2.75) is 32.1 Å². The van der Waals surface area contributed by atoms with Gasteiger partial charge in [0.25, 0.3) is 5.91 Å². The molecule has 2 fully saturated rings. The summed E-state index contributed by atoms with van der Waals surface area (Å²) in [7, 11) is 0. The van der Waals surface area contributed by atoms with Crippen LogP contribution in [0.5, 0.6) is 0 Å². The summed E-state index contributed by atoms with van der Waals surface area (Å²) in [5.41, 5.74) is 0.734. The second kappa shape index (κ2) is 6.70. The number of likely N-dealkylation sites (tertiary alicyclic amines) is 1. The van der Waals surface area contributed by atoms with Gasteiger partial charge in [-0.15, -0.1) is 0 Å². The van der Waals surface area contributed by atoms with E-state index in [2.05, 4.69) is 10.2 Å². The summed E-state index contributed by atoms with van der Waals surface area (Å²) in [6.07, 6.45) is 1.43. The molecule has 128 valence electrons. The van der Waals surface area contributed by atoms with Gasteiger partial charge in [-0.05, 0) is 36.9 Å².